The Bertz CT molecular complexity index is 540. The van der Waals surface area contributed by atoms with E-state index in [1.807, 2.05) is 26.2 Å². The van der Waals surface area contributed by atoms with Crippen LogP contribution in [0.3, 0.4) is 0 Å². The minimum absolute atomic E-state index is 0.0425. The van der Waals surface area contributed by atoms with E-state index in [1.165, 1.54) is 0 Å². The molecule has 0 spiro atoms. The Labute approximate surface area is 149 Å². The molecule has 24 heavy (non-hydrogen) atoms. The van der Waals surface area contributed by atoms with Crippen molar-refractivity contribution in [2.75, 3.05) is 33.7 Å². The molecule has 1 aromatic rings. The number of amides is 2. The lowest BCUT2D eigenvalue weighted by Gasteiger charge is -2.38. The molecule has 0 aliphatic carbocycles. The smallest absolute Gasteiger partial charge is 0.317 e. The highest BCUT2D eigenvalue weighted by molar-refractivity contribution is 6.30. The number of nitrogens with zero attached hydrogens (tertiary/aromatic N) is 2. The minimum atomic E-state index is -0.874. The molecule has 0 saturated carbocycles. The van der Waals surface area contributed by atoms with Gasteiger partial charge in [0.05, 0.1) is 5.60 Å². The van der Waals surface area contributed by atoms with Gasteiger partial charge >= 0.3 is 6.03 Å². The summed E-state index contributed by atoms with van der Waals surface area (Å²) in [5, 5.41) is 14.5. The molecule has 1 fully saturated rings. The number of aliphatic hydroxyl groups is 1. The lowest BCUT2D eigenvalue weighted by molar-refractivity contribution is -0.0168. The van der Waals surface area contributed by atoms with Crippen LogP contribution in [0.4, 0.5) is 4.79 Å². The predicted molar refractivity (Wildman–Crippen MR) is 97.3 cm³/mol. The third-order valence-corrected chi connectivity index (χ3v) is 5.23. The van der Waals surface area contributed by atoms with Crippen molar-refractivity contribution in [2.45, 2.75) is 37.8 Å². The van der Waals surface area contributed by atoms with Gasteiger partial charge in [0.1, 0.15) is 0 Å². The average Bonchev–Trinajstić information content (AvgIpc) is 2.55. The summed E-state index contributed by atoms with van der Waals surface area (Å²) in [5.74, 6) is 0. The van der Waals surface area contributed by atoms with Crippen molar-refractivity contribution in [3.05, 3.63) is 34.9 Å². The maximum atomic E-state index is 12.2. The molecule has 6 heteroatoms. The summed E-state index contributed by atoms with van der Waals surface area (Å²) in [6, 6.07) is 7.70. The largest absolute Gasteiger partial charge is 0.385 e. The van der Waals surface area contributed by atoms with Gasteiger partial charge in [0.15, 0.2) is 0 Å². The second-order valence-electron chi connectivity index (χ2n) is 6.86. The first-order chi connectivity index (χ1) is 11.3. The van der Waals surface area contributed by atoms with Crippen LogP contribution in [0.15, 0.2) is 24.3 Å². The summed E-state index contributed by atoms with van der Waals surface area (Å²) >= 11 is 5.91. The van der Waals surface area contributed by atoms with Gasteiger partial charge in [0.2, 0.25) is 0 Å². The van der Waals surface area contributed by atoms with Gasteiger partial charge in [-0.1, -0.05) is 23.7 Å². The standard InChI is InChI=1S/C18H28ClN3O2/c1-14(21(2)3)8-11-20-17(23)22-12-9-18(24,10-13-22)15-4-6-16(19)7-5-15/h4-7,14,24H,8-13H2,1-3H3,(H,20,23)/t14-/m1/s1. The van der Waals surface area contributed by atoms with Crippen molar-refractivity contribution < 1.29 is 9.90 Å². The van der Waals surface area contributed by atoms with Crippen molar-refractivity contribution in [1.82, 2.24) is 15.1 Å². The molecule has 1 aromatic carbocycles. The number of rotatable bonds is 5. The zero-order chi connectivity index (χ0) is 17.7. The summed E-state index contributed by atoms with van der Waals surface area (Å²) in [7, 11) is 4.07. The van der Waals surface area contributed by atoms with Gasteiger partial charge in [-0.25, -0.2) is 4.79 Å². The fraction of sp³-hybridized carbons (Fsp3) is 0.611. The SMILES string of the molecule is C[C@H](CCNC(=O)N1CCC(O)(c2ccc(Cl)cc2)CC1)N(C)C. The number of benzene rings is 1. The lowest BCUT2D eigenvalue weighted by atomic mass is 9.84. The molecule has 1 aliphatic rings. The molecule has 1 saturated heterocycles. The van der Waals surface area contributed by atoms with Gasteiger partial charge in [0.25, 0.3) is 0 Å². The first-order valence-corrected chi connectivity index (χ1v) is 8.87. The number of likely N-dealkylation sites (tertiary alicyclic amines) is 1. The number of piperidine rings is 1. The number of hydrogen-bond donors (Lipinski definition) is 2. The number of nitrogens with one attached hydrogen (secondary N) is 1. The third kappa shape index (κ3) is 4.85. The van der Waals surface area contributed by atoms with Gasteiger partial charge < -0.3 is 20.2 Å². The molecule has 2 N–H and O–H groups in total. The second kappa shape index (κ2) is 8.19. The maximum Gasteiger partial charge on any atom is 0.317 e. The minimum Gasteiger partial charge on any atom is -0.385 e. The highest BCUT2D eigenvalue weighted by Crippen LogP contribution is 2.33. The lowest BCUT2D eigenvalue weighted by Crippen LogP contribution is -2.49. The fourth-order valence-corrected chi connectivity index (χ4v) is 3.01. The molecule has 2 amide bonds. The first kappa shape index (κ1) is 19.0. The summed E-state index contributed by atoms with van der Waals surface area (Å²) in [4.78, 5) is 16.2. The van der Waals surface area contributed by atoms with Crippen LogP contribution in [0.25, 0.3) is 0 Å². The van der Waals surface area contributed by atoms with Gasteiger partial charge in [-0.05, 0) is 58.0 Å². The van der Waals surface area contributed by atoms with Crippen LogP contribution in [0.5, 0.6) is 0 Å². The van der Waals surface area contributed by atoms with Crippen LogP contribution in [-0.2, 0) is 5.60 Å². The topological polar surface area (TPSA) is 55.8 Å². The Hall–Kier alpha value is -1.30. The first-order valence-electron chi connectivity index (χ1n) is 8.49. The summed E-state index contributed by atoms with van der Waals surface area (Å²) in [5.41, 5.74) is -0.00682. The second-order valence-corrected chi connectivity index (χ2v) is 7.30. The van der Waals surface area contributed by atoms with Crippen molar-refractivity contribution in [3.63, 3.8) is 0 Å². The zero-order valence-electron chi connectivity index (χ0n) is 14.8. The van der Waals surface area contributed by atoms with E-state index in [0.717, 1.165) is 12.0 Å². The molecule has 2 rings (SSSR count). The highest BCUT2D eigenvalue weighted by Gasteiger charge is 2.35. The monoisotopic (exact) mass is 353 g/mol. The number of carbonyl (C=O) groups excluding carboxylic acids is 1. The van der Waals surface area contributed by atoms with E-state index in [9.17, 15) is 9.90 Å². The molecule has 1 aliphatic heterocycles. The van der Waals surface area contributed by atoms with Gasteiger partial charge in [-0.2, -0.15) is 0 Å². The molecule has 1 atom stereocenters. The van der Waals surface area contributed by atoms with Crippen molar-refractivity contribution in [2.24, 2.45) is 0 Å². The summed E-state index contributed by atoms with van der Waals surface area (Å²) < 4.78 is 0. The van der Waals surface area contributed by atoms with E-state index < -0.39 is 5.60 Å². The molecular weight excluding hydrogens is 326 g/mol. The van der Waals surface area contributed by atoms with Crippen molar-refractivity contribution >= 4 is 17.6 Å². The van der Waals surface area contributed by atoms with E-state index in [4.69, 9.17) is 11.6 Å². The molecule has 0 bridgehead atoms. The van der Waals surface area contributed by atoms with Crippen LogP contribution < -0.4 is 5.32 Å². The van der Waals surface area contributed by atoms with E-state index in [-0.39, 0.29) is 6.03 Å². The van der Waals surface area contributed by atoms with Crippen LogP contribution in [0.2, 0.25) is 5.02 Å². The fourth-order valence-electron chi connectivity index (χ4n) is 2.89. The van der Waals surface area contributed by atoms with Crippen LogP contribution >= 0.6 is 11.6 Å². The van der Waals surface area contributed by atoms with Crippen LogP contribution in [-0.4, -0.2) is 60.7 Å². The van der Waals surface area contributed by atoms with Crippen LogP contribution in [0, 0.1) is 0 Å². The average molecular weight is 354 g/mol. The highest BCUT2D eigenvalue weighted by atomic mass is 35.5. The number of halogens is 1. The summed E-state index contributed by atoms with van der Waals surface area (Å²) in [6.07, 6.45) is 1.99. The van der Waals surface area contributed by atoms with Crippen molar-refractivity contribution in [1.29, 1.82) is 0 Å². The Balaban J connectivity index is 1.81. The predicted octanol–water partition coefficient (Wildman–Crippen LogP) is 2.67. The molecule has 1 heterocycles. The number of urea groups is 1. The Morgan fingerprint density at radius 1 is 1.33 bits per heavy atom. The number of carbonyl (C=O) groups is 1. The summed E-state index contributed by atoms with van der Waals surface area (Å²) in [6.45, 7) is 3.90. The van der Waals surface area contributed by atoms with Crippen LogP contribution in [0.1, 0.15) is 31.7 Å². The van der Waals surface area contributed by atoms with Gasteiger partial charge in [0, 0.05) is 30.7 Å². The Kier molecular flexibility index (Phi) is 6.49. The molecule has 5 nitrogen and oxygen atoms in total. The van der Waals surface area contributed by atoms with Gasteiger partial charge in [-0.3, -0.25) is 0 Å². The normalized spacial score (nSPS) is 18.5. The molecule has 0 unspecified atom stereocenters. The Morgan fingerprint density at radius 2 is 1.92 bits per heavy atom. The molecule has 0 aromatic heterocycles. The Morgan fingerprint density at radius 3 is 2.46 bits per heavy atom. The van der Waals surface area contributed by atoms with E-state index in [2.05, 4.69) is 17.1 Å². The van der Waals surface area contributed by atoms with E-state index in [1.54, 1.807) is 17.0 Å². The molecule has 0 radical (unpaired) electrons. The van der Waals surface area contributed by atoms with Crippen molar-refractivity contribution in [3.8, 4) is 0 Å². The molecular formula is C18H28ClN3O2. The maximum absolute atomic E-state index is 12.2. The van der Waals surface area contributed by atoms with E-state index >= 15 is 0 Å². The van der Waals surface area contributed by atoms with Gasteiger partial charge in [-0.15, -0.1) is 0 Å². The third-order valence-electron chi connectivity index (χ3n) is 4.98. The van der Waals surface area contributed by atoms with E-state index in [0.29, 0.717) is 43.5 Å². The zero-order valence-corrected chi connectivity index (χ0v) is 15.5. The number of hydrogen-bond acceptors (Lipinski definition) is 3. The molecule has 134 valence electrons. The quantitative estimate of drug-likeness (QED) is 0.855.